The fourth-order valence-corrected chi connectivity index (χ4v) is 1.22. The number of hydrogen-bond donors (Lipinski definition) is 2. The lowest BCUT2D eigenvalue weighted by Crippen LogP contribution is -2.14. The third kappa shape index (κ3) is 1.35. The van der Waals surface area contributed by atoms with E-state index in [0.717, 1.165) is 5.52 Å². The van der Waals surface area contributed by atoms with Crippen LogP contribution in [0.3, 0.4) is 0 Å². The van der Waals surface area contributed by atoms with Gasteiger partial charge in [0.1, 0.15) is 5.52 Å². The average Bonchev–Trinajstić information content (AvgIpc) is 2.51. The zero-order valence-corrected chi connectivity index (χ0v) is 6.82. The van der Waals surface area contributed by atoms with Crippen molar-refractivity contribution in [3.05, 3.63) is 24.3 Å². The summed E-state index contributed by atoms with van der Waals surface area (Å²) in [6.45, 7) is 0. The van der Waals surface area contributed by atoms with E-state index in [4.69, 9.17) is 5.73 Å². The van der Waals surface area contributed by atoms with Gasteiger partial charge in [0.05, 0.1) is 24.0 Å². The Kier molecular flexibility index (Phi) is 1.70. The maximum absolute atomic E-state index is 10.7. The van der Waals surface area contributed by atoms with Crippen molar-refractivity contribution < 1.29 is 4.79 Å². The molecule has 66 valence electrons. The molecular weight excluding hydrogens is 168 g/mol. The Labute approximate surface area is 74.0 Å². The minimum Gasteiger partial charge on any atom is -0.369 e. The van der Waals surface area contributed by atoms with Gasteiger partial charge in [0.25, 0.3) is 0 Å². The number of nitrogens with zero attached hydrogens (tertiary/aromatic N) is 2. The number of carbonyl (C=O) groups excluding carboxylic acids is 1. The average molecular weight is 176 g/mol. The monoisotopic (exact) mass is 176 g/mol. The summed E-state index contributed by atoms with van der Waals surface area (Å²) >= 11 is 0. The second-order valence-electron chi connectivity index (χ2n) is 2.70. The van der Waals surface area contributed by atoms with Crippen molar-refractivity contribution in [3.8, 4) is 0 Å². The Morgan fingerprint density at radius 1 is 1.54 bits per heavy atom. The van der Waals surface area contributed by atoms with Gasteiger partial charge in [0.15, 0.2) is 0 Å². The molecule has 2 heterocycles. The Bertz CT molecular complexity index is 448. The van der Waals surface area contributed by atoms with Crippen molar-refractivity contribution in [1.29, 1.82) is 0 Å². The maximum atomic E-state index is 10.7. The molecule has 0 saturated heterocycles. The highest BCUT2D eigenvalue weighted by molar-refractivity contribution is 5.83. The molecule has 2 aromatic heterocycles. The molecule has 0 aliphatic rings. The molecule has 0 saturated carbocycles. The SMILES string of the molecule is NC(=O)Cc1nccc2[nH]cnc12. The van der Waals surface area contributed by atoms with Gasteiger partial charge in [-0.3, -0.25) is 9.78 Å². The van der Waals surface area contributed by atoms with Crippen molar-refractivity contribution in [2.45, 2.75) is 6.42 Å². The highest BCUT2D eigenvalue weighted by Gasteiger charge is 2.06. The third-order valence-electron chi connectivity index (χ3n) is 1.76. The number of hydrogen-bond acceptors (Lipinski definition) is 3. The highest BCUT2D eigenvalue weighted by atomic mass is 16.1. The Morgan fingerprint density at radius 3 is 3.15 bits per heavy atom. The van der Waals surface area contributed by atoms with E-state index in [1.165, 1.54) is 0 Å². The minimum atomic E-state index is -0.400. The Morgan fingerprint density at radius 2 is 2.38 bits per heavy atom. The van der Waals surface area contributed by atoms with Crippen molar-refractivity contribution >= 4 is 16.9 Å². The van der Waals surface area contributed by atoms with Crippen molar-refractivity contribution in [1.82, 2.24) is 15.0 Å². The summed E-state index contributed by atoms with van der Waals surface area (Å²) in [5, 5.41) is 0. The summed E-state index contributed by atoms with van der Waals surface area (Å²) in [7, 11) is 0. The van der Waals surface area contributed by atoms with Crippen LogP contribution >= 0.6 is 0 Å². The second-order valence-corrected chi connectivity index (χ2v) is 2.70. The van der Waals surface area contributed by atoms with E-state index in [1.54, 1.807) is 18.6 Å². The number of amides is 1. The largest absolute Gasteiger partial charge is 0.369 e. The first kappa shape index (κ1) is 7.72. The van der Waals surface area contributed by atoms with Gasteiger partial charge >= 0.3 is 0 Å². The lowest BCUT2D eigenvalue weighted by molar-refractivity contribution is -0.117. The van der Waals surface area contributed by atoms with Gasteiger partial charge < -0.3 is 10.7 Å². The summed E-state index contributed by atoms with van der Waals surface area (Å²) < 4.78 is 0. The molecule has 2 rings (SSSR count). The van der Waals surface area contributed by atoms with Gasteiger partial charge in [-0.15, -0.1) is 0 Å². The van der Waals surface area contributed by atoms with Crippen LogP contribution in [0.5, 0.6) is 0 Å². The first-order valence-corrected chi connectivity index (χ1v) is 3.82. The Hall–Kier alpha value is -1.91. The fraction of sp³-hybridized carbons (Fsp3) is 0.125. The van der Waals surface area contributed by atoms with Gasteiger partial charge in [-0.25, -0.2) is 4.98 Å². The molecule has 0 bridgehead atoms. The molecule has 0 spiro atoms. The zero-order valence-electron chi connectivity index (χ0n) is 6.82. The second kappa shape index (κ2) is 2.85. The number of nitrogens with one attached hydrogen (secondary N) is 1. The maximum Gasteiger partial charge on any atom is 0.223 e. The van der Waals surface area contributed by atoms with Crippen LogP contribution in [-0.4, -0.2) is 20.9 Å². The number of aromatic amines is 1. The van der Waals surface area contributed by atoms with Crippen LogP contribution in [0.25, 0.3) is 11.0 Å². The van der Waals surface area contributed by atoms with E-state index in [1.807, 2.05) is 0 Å². The predicted molar refractivity (Wildman–Crippen MR) is 46.8 cm³/mol. The van der Waals surface area contributed by atoms with E-state index < -0.39 is 5.91 Å². The summed E-state index contributed by atoms with van der Waals surface area (Å²) in [5.41, 5.74) is 7.26. The molecule has 0 aliphatic carbocycles. The molecule has 0 fully saturated rings. The standard InChI is InChI=1S/C8H8N4O/c9-7(13)3-6-8-5(1-2-10-6)11-4-12-8/h1-2,4H,3H2,(H2,9,13)(H,11,12). The zero-order chi connectivity index (χ0) is 9.26. The van der Waals surface area contributed by atoms with Crippen LogP contribution in [0, 0.1) is 0 Å². The molecule has 1 amide bonds. The van der Waals surface area contributed by atoms with Crippen molar-refractivity contribution in [2.24, 2.45) is 5.73 Å². The van der Waals surface area contributed by atoms with Gasteiger partial charge in [0.2, 0.25) is 5.91 Å². The van der Waals surface area contributed by atoms with Crippen LogP contribution in [0.15, 0.2) is 18.6 Å². The van der Waals surface area contributed by atoms with Crippen molar-refractivity contribution in [3.63, 3.8) is 0 Å². The van der Waals surface area contributed by atoms with Crippen LogP contribution in [0.2, 0.25) is 0 Å². The van der Waals surface area contributed by atoms with Gasteiger partial charge in [-0.1, -0.05) is 0 Å². The molecule has 3 N–H and O–H groups in total. The molecule has 0 unspecified atom stereocenters. The number of imidazole rings is 1. The van der Waals surface area contributed by atoms with Crippen LogP contribution < -0.4 is 5.73 Å². The number of pyridine rings is 1. The minimum absolute atomic E-state index is 0.127. The van der Waals surface area contributed by atoms with Crippen LogP contribution in [-0.2, 0) is 11.2 Å². The number of primary amides is 1. The van der Waals surface area contributed by atoms with E-state index in [-0.39, 0.29) is 6.42 Å². The van der Waals surface area contributed by atoms with Crippen molar-refractivity contribution in [2.75, 3.05) is 0 Å². The number of carbonyl (C=O) groups is 1. The quantitative estimate of drug-likeness (QED) is 0.674. The number of aromatic nitrogens is 3. The topological polar surface area (TPSA) is 84.7 Å². The summed E-state index contributed by atoms with van der Waals surface area (Å²) in [4.78, 5) is 21.7. The molecular formula is C8H8N4O. The normalized spacial score (nSPS) is 10.5. The third-order valence-corrected chi connectivity index (χ3v) is 1.76. The summed E-state index contributed by atoms with van der Waals surface area (Å²) in [6, 6.07) is 1.80. The van der Waals surface area contributed by atoms with E-state index in [2.05, 4.69) is 15.0 Å². The fourth-order valence-electron chi connectivity index (χ4n) is 1.22. The number of H-pyrrole nitrogens is 1. The molecule has 0 radical (unpaired) electrons. The van der Waals surface area contributed by atoms with E-state index in [0.29, 0.717) is 11.2 Å². The first-order valence-electron chi connectivity index (χ1n) is 3.82. The summed E-state index contributed by atoms with van der Waals surface area (Å²) in [5.74, 6) is -0.400. The van der Waals surface area contributed by atoms with Crippen LogP contribution in [0.4, 0.5) is 0 Å². The number of rotatable bonds is 2. The van der Waals surface area contributed by atoms with Gasteiger partial charge in [-0.05, 0) is 6.07 Å². The van der Waals surface area contributed by atoms with Gasteiger partial charge in [0, 0.05) is 6.20 Å². The Balaban J connectivity index is 2.54. The molecule has 0 aliphatic heterocycles. The van der Waals surface area contributed by atoms with E-state index in [9.17, 15) is 4.79 Å². The molecule has 0 aromatic carbocycles. The molecule has 5 heteroatoms. The molecule has 2 aromatic rings. The van der Waals surface area contributed by atoms with Gasteiger partial charge in [-0.2, -0.15) is 0 Å². The predicted octanol–water partition coefficient (Wildman–Crippen LogP) is -0.0143. The number of fused-ring (bicyclic) bond motifs is 1. The lowest BCUT2D eigenvalue weighted by Gasteiger charge is -1.96. The first-order chi connectivity index (χ1) is 6.27. The van der Waals surface area contributed by atoms with Crippen LogP contribution in [0.1, 0.15) is 5.69 Å². The van der Waals surface area contributed by atoms with E-state index >= 15 is 0 Å². The molecule has 5 nitrogen and oxygen atoms in total. The number of nitrogens with two attached hydrogens (primary N) is 1. The smallest absolute Gasteiger partial charge is 0.223 e. The lowest BCUT2D eigenvalue weighted by atomic mass is 10.2. The highest BCUT2D eigenvalue weighted by Crippen LogP contribution is 2.11. The molecule has 0 atom stereocenters. The molecule has 13 heavy (non-hydrogen) atoms. The summed E-state index contributed by atoms with van der Waals surface area (Å²) in [6.07, 6.45) is 3.32.